The summed E-state index contributed by atoms with van der Waals surface area (Å²) in [6.45, 7) is 5.84. The van der Waals surface area contributed by atoms with Crippen molar-refractivity contribution in [2.24, 2.45) is 0 Å². The zero-order valence-corrected chi connectivity index (χ0v) is 13.1. The summed E-state index contributed by atoms with van der Waals surface area (Å²) < 4.78 is 44.8. The van der Waals surface area contributed by atoms with Crippen molar-refractivity contribution in [2.75, 3.05) is 26.7 Å². The van der Waals surface area contributed by atoms with Crippen LogP contribution in [0.4, 0.5) is 13.2 Å². The van der Waals surface area contributed by atoms with Crippen LogP contribution in [0.3, 0.4) is 0 Å². The molecule has 1 aromatic heterocycles. The second-order valence-corrected chi connectivity index (χ2v) is 6.59. The summed E-state index contributed by atoms with van der Waals surface area (Å²) in [5.74, 6) is 0. The Kier molecular flexibility index (Phi) is 5.24. The summed E-state index contributed by atoms with van der Waals surface area (Å²) in [7, 11) is 1.93. The van der Waals surface area contributed by atoms with Crippen molar-refractivity contribution < 1.29 is 17.9 Å². The van der Waals surface area contributed by atoms with Crippen LogP contribution in [0, 0.1) is 0 Å². The molecule has 0 amide bonds. The quantitative estimate of drug-likeness (QED) is 0.924. The molecule has 1 unspecified atom stereocenters. The molecule has 1 saturated heterocycles. The Labute approximate surface area is 126 Å². The highest BCUT2D eigenvalue weighted by Gasteiger charge is 2.38. The molecule has 1 aromatic rings. The Morgan fingerprint density at radius 3 is 2.76 bits per heavy atom. The van der Waals surface area contributed by atoms with E-state index in [2.05, 4.69) is 10.3 Å². The second-order valence-electron chi connectivity index (χ2n) is 5.48. The average Bonchev–Trinajstić information content (AvgIpc) is 2.80. The Bertz CT molecular complexity index is 476. The Morgan fingerprint density at radius 1 is 1.48 bits per heavy atom. The molecule has 0 bridgehead atoms. The van der Waals surface area contributed by atoms with Gasteiger partial charge in [0.15, 0.2) is 5.69 Å². The number of thiazole rings is 1. The normalized spacial score (nSPS) is 21.2. The van der Waals surface area contributed by atoms with Crippen LogP contribution in [-0.4, -0.2) is 42.7 Å². The Hall–Kier alpha value is -0.700. The monoisotopic (exact) mass is 323 g/mol. The van der Waals surface area contributed by atoms with Gasteiger partial charge in [0.05, 0.1) is 11.5 Å². The van der Waals surface area contributed by atoms with Gasteiger partial charge in [0.25, 0.3) is 0 Å². The largest absolute Gasteiger partial charge is 0.434 e. The molecule has 21 heavy (non-hydrogen) atoms. The average molecular weight is 323 g/mol. The maximum atomic E-state index is 13.1. The SMILES string of the molecule is CC(C)NCc1sc(C2CN(C)CCO2)nc1C(F)(F)F. The molecular formula is C13H20F3N3OS. The lowest BCUT2D eigenvalue weighted by Crippen LogP contribution is -2.35. The van der Waals surface area contributed by atoms with Gasteiger partial charge in [-0.15, -0.1) is 11.3 Å². The topological polar surface area (TPSA) is 37.4 Å². The van der Waals surface area contributed by atoms with E-state index < -0.39 is 11.9 Å². The van der Waals surface area contributed by atoms with Crippen LogP contribution in [0.15, 0.2) is 0 Å². The highest BCUT2D eigenvalue weighted by atomic mass is 32.1. The van der Waals surface area contributed by atoms with Gasteiger partial charge in [-0.25, -0.2) is 4.98 Å². The molecule has 0 spiro atoms. The summed E-state index contributed by atoms with van der Waals surface area (Å²) in [6, 6.07) is 0.119. The second kappa shape index (κ2) is 6.60. The first-order chi connectivity index (χ1) is 9.77. The van der Waals surface area contributed by atoms with Crippen LogP contribution < -0.4 is 5.32 Å². The number of alkyl halides is 3. The fourth-order valence-corrected chi connectivity index (χ4v) is 3.15. The molecule has 1 N–H and O–H groups in total. The van der Waals surface area contributed by atoms with E-state index in [1.54, 1.807) is 0 Å². The molecule has 0 aromatic carbocycles. The van der Waals surface area contributed by atoms with Gasteiger partial charge in [-0.2, -0.15) is 13.2 Å². The van der Waals surface area contributed by atoms with Crippen LogP contribution in [0.1, 0.15) is 35.5 Å². The van der Waals surface area contributed by atoms with E-state index in [0.29, 0.717) is 18.2 Å². The lowest BCUT2D eigenvalue weighted by Gasteiger charge is -2.28. The first-order valence-electron chi connectivity index (χ1n) is 6.87. The smallest absolute Gasteiger partial charge is 0.368 e. The summed E-state index contributed by atoms with van der Waals surface area (Å²) in [6.07, 6.45) is -4.80. The molecule has 1 aliphatic rings. The van der Waals surface area contributed by atoms with E-state index in [-0.39, 0.29) is 23.6 Å². The predicted molar refractivity (Wildman–Crippen MR) is 75.3 cm³/mol. The van der Waals surface area contributed by atoms with E-state index in [4.69, 9.17) is 4.74 Å². The summed E-state index contributed by atoms with van der Waals surface area (Å²) >= 11 is 1.09. The molecule has 0 aliphatic carbocycles. The number of nitrogens with zero attached hydrogens (tertiary/aromatic N) is 2. The van der Waals surface area contributed by atoms with Crippen molar-refractivity contribution in [3.8, 4) is 0 Å². The summed E-state index contributed by atoms with van der Waals surface area (Å²) in [5.41, 5.74) is -0.785. The minimum atomic E-state index is -4.43. The highest BCUT2D eigenvalue weighted by molar-refractivity contribution is 7.11. The number of nitrogens with one attached hydrogen (secondary N) is 1. The van der Waals surface area contributed by atoms with Gasteiger partial charge >= 0.3 is 6.18 Å². The highest BCUT2D eigenvalue weighted by Crippen LogP contribution is 2.37. The number of hydrogen-bond acceptors (Lipinski definition) is 5. The van der Waals surface area contributed by atoms with Gasteiger partial charge in [-0.05, 0) is 7.05 Å². The van der Waals surface area contributed by atoms with Gasteiger partial charge in [0, 0.05) is 25.7 Å². The molecule has 1 fully saturated rings. The zero-order chi connectivity index (χ0) is 15.6. The third-order valence-electron chi connectivity index (χ3n) is 3.20. The minimum Gasteiger partial charge on any atom is -0.368 e. The van der Waals surface area contributed by atoms with Gasteiger partial charge in [0.2, 0.25) is 0 Å². The summed E-state index contributed by atoms with van der Waals surface area (Å²) in [4.78, 5) is 6.08. The van der Waals surface area contributed by atoms with E-state index in [1.165, 1.54) is 0 Å². The number of morpholine rings is 1. The van der Waals surface area contributed by atoms with E-state index in [1.807, 2.05) is 25.8 Å². The number of likely N-dealkylation sites (N-methyl/N-ethyl adjacent to an activating group) is 1. The predicted octanol–water partition coefficient (Wildman–Crippen LogP) is 2.66. The lowest BCUT2D eigenvalue weighted by molar-refractivity contribution is -0.141. The Morgan fingerprint density at radius 2 is 2.19 bits per heavy atom. The van der Waals surface area contributed by atoms with Crippen LogP contribution in [0.5, 0.6) is 0 Å². The first kappa shape index (κ1) is 16.7. The molecule has 4 nitrogen and oxygen atoms in total. The van der Waals surface area contributed by atoms with Crippen LogP contribution >= 0.6 is 11.3 Å². The maximum absolute atomic E-state index is 13.1. The molecule has 0 radical (unpaired) electrons. The van der Waals surface area contributed by atoms with Crippen molar-refractivity contribution in [1.29, 1.82) is 0 Å². The lowest BCUT2D eigenvalue weighted by atomic mass is 10.3. The van der Waals surface area contributed by atoms with Gasteiger partial charge in [0.1, 0.15) is 11.1 Å². The molecule has 0 saturated carbocycles. The number of rotatable bonds is 4. The zero-order valence-electron chi connectivity index (χ0n) is 12.3. The first-order valence-corrected chi connectivity index (χ1v) is 7.69. The van der Waals surface area contributed by atoms with Gasteiger partial charge < -0.3 is 15.0 Å². The Balaban J connectivity index is 2.22. The maximum Gasteiger partial charge on any atom is 0.434 e. The number of aromatic nitrogens is 1. The van der Waals surface area contributed by atoms with E-state index in [9.17, 15) is 13.2 Å². The third-order valence-corrected chi connectivity index (χ3v) is 4.35. The van der Waals surface area contributed by atoms with Crippen LogP contribution in [0.2, 0.25) is 0 Å². The van der Waals surface area contributed by atoms with Crippen molar-refractivity contribution in [1.82, 2.24) is 15.2 Å². The van der Waals surface area contributed by atoms with Crippen LogP contribution in [-0.2, 0) is 17.5 Å². The fraction of sp³-hybridized carbons (Fsp3) is 0.769. The third kappa shape index (κ3) is 4.38. The van der Waals surface area contributed by atoms with Crippen molar-refractivity contribution >= 4 is 11.3 Å². The van der Waals surface area contributed by atoms with E-state index in [0.717, 1.165) is 17.9 Å². The van der Waals surface area contributed by atoms with Crippen molar-refractivity contribution in [3.05, 3.63) is 15.6 Å². The number of halogens is 3. The minimum absolute atomic E-state index is 0.119. The van der Waals surface area contributed by atoms with Crippen molar-refractivity contribution in [3.63, 3.8) is 0 Å². The fourth-order valence-electron chi connectivity index (χ4n) is 2.07. The molecule has 2 rings (SSSR count). The number of hydrogen-bond donors (Lipinski definition) is 1. The molecule has 1 atom stereocenters. The standard InChI is InChI=1S/C13H20F3N3OS/c1-8(2)17-6-10-11(13(14,15)16)18-12(21-10)9-7-19(3)4-5-20-9/h8-9,17H,4-7H2,1-3H3. The molecule has 1 aliphatic heterocycles. The van der Waals surface area contributed by atoms with Gasteiger partial charge in [-0.3, -0.25) is 0 Å². The molecular weight excluding hydrogens is 303 g/mol. The molecule has 120 valence electrons. The summed E-state index contributed by atoms with van der Waals surface area (Å²) in [5, 5.41) is 3.43. The van der Waals surface area contributed by atoms with Crippen LogP contribution in [0.25, 0.3) is 0 Å². The van der Waals surface area contributed by atoms with Crippen molar-refractivity contribution in [2.45, 2.75) is 38.7 Å². The molecule has 8 heteroatoms. The van der Waals surface area contributed by atoms with Gasteiger partial charge in [-0.1, -0.05) is 13.8 Å². The van der Waals surface area contributed by atoms with E-state index >= 15 is 0 Å². The number of ether oxygens (including phenoxy) is 1. The molecule has 2 heterocycles.